The molecule has 1 aliphatic carbocycles. The van der Waals surface area contributed by atoms with Gasteiger partial charge in [-0.15, -0.1) is 0 Å². The minimum Gasteiger partial charge on any atom is -0.481 e. The summed E-state index contributed by atoms with van der Waals surface area (Å²) in [5.74, 6) is -0.516. The predicted molar refractivity (Wildman–Crippen MR) is 82.0 cm³/mol. The minimum absolute atomic E-state index is 0.317. The lowest BCUT2D eigenvalue weighted by molar-refractivity contribution is -0.151. The van der Waals surface area contributed by atoms with Gasteiger partial charge in [0.2, 0.25) is 0 Å². The number of hydrogen-bond acceptors (Lipinski definition) is 1. The Balaban J connectivity index is 2.17. The van der Waals surface area contributed by atoms with Gasteiger partial charge >= 0.3 is 5.97 Å². The van der Waals surface area contributed by atoms with E-state index < -0.39 is 11.4 Å². The number of carboxylic acids is 1. The van der Waals surface area contributed by atoms with E-state index >= 15 is 0 Å². The first-order chi connectivity index (χ1) is 9.97. The molecule has 1 saturated carbocycles. The molecule has 0 aliphatic heterocycles. The monoisotopic (exact) mass is 312 g/mol. The topological polar surface area (TPSA) is 37.3 Å². The molecule has 0 amide bonds. The lowest BCUT2D eigenvalue weighted by Gasteiger charge is -2.37. The van der Waals surface area contributed by atoms with Gasteiger partial charge in [-0.3, -0.25) is 4.79 Å². The number of hydrogen-bond donors (Lipinski definition) is 1. The highest BCUT2D eigenvalue weighted by Crippen LogP contribution is 2.44. The number of carbonyl (C=O) groups is 1. The van der Waals surface area contributed by atoms with Crippen molar-refractivity contribution < 1.29 is 14.3 Å². The molecular formula is C17H22ClFO2. The lowest BCUT2D eigenvalue weighted by atomic mass is 9.67. The molecule has 0 aromatic heterocycles. The van der Waals surface area contributed by atoms with Crippen LogP contribution in [0, 0.1) is 17.2 Å². The smallest absolute Gasteiger partial charge is 0.309 e. The summed E-state index contributed by atoms with van der Waals surface area (Å²) in [4.78, 5) is 11.8. The number of benzene rings is 1. The summed E-state index contributed by atoms with van der Waals surface area (Å²) >= 11 is 6.10. The SMILES string of the molecule is CCCC1CCC(Cc2cc(F)ccc2Cl)(C(=O)O)CC1. The van der Waals surface area contributed by atoms with Gasteiger partial charge in [0.25, 0.3) is 0 Å². The zero-order valence-electron chi connectivity index (χ0n) is 12.4. The summed E-state index contributed by atoms with van der Waals surface area (Å²) in [5.41, 5.74) is -0.185. The van der Waals surface area contributed by atoms with E-state index in [1.807, 2.05) is 0 Å². The van der Waals surface area contributed by atoms with Crippen molar-refractivity contribution in [2.24, 2.45) is 11.3 Å². The van der Waals surface area contributed by atoms with E-state index in [1.165, 1.54) is 18.2 Å². The molecule has 1 fully saturated rings. The third kappa shape index (κ3) is 3.76. The van der Waals surface area contributed by atoms with Gasteiger partial charge < -0.3 is 5.11 Å². The second kappa shape index (κ2) is 6.78. The van der Waals surface area contributed by atoms with Crippen LogP contribution in [-0.2, 0) is 11.2 Å². The van der Waals surface area contributed by atoms with Crippen molar-refractivity contribution in [3.8, 4) is 0 Å². The van der Waals surface area contributed by atoms with Gasteiger partial charge in [-0.25, -0.2) is 4.39 Å². The van der Waals surface area contributed by atoms with Crippen LogP contribution in [0.15, 0.2) is 18.2 Å². The number of aliphatic carboxylic acids is 1. The first kappa shape index (κ1) is 16.3. The maximum absolute atomic E-state index is 13.4. The van der Waals surface area contributed by atoms with Crippen molar-refractivity contribution in [1.29, 1.82) is 0 Å². The molecule has 1 aromatic rings. The molecule has 4 heteroatoms. The molecule has 0 bridgehead atoms. The molecule has 1 aromatic carbocycles. The number of halogens is 2. The summed E-state index contributed by atoms with van der Waals surface area (Å²) in [5, 5.41) is 10.1. The molecule has 116 valence electrons. The molecule has 1 aliphatic rings. The van der Waals surface area contributed by atoms with Crippen LogP contribution < -0.4 is 0 Å². The molecule has 0 spiro atoms. The Morgan fingerprint density at radius 3 is 2.67 bits per heavy atom. The van der Waals surface area contributed by atoms with Crippen LogP contribution in [-0.4, -0.2) is 11.1 Å². The van der Waals surface area contributed by atoms with Gasteiger partial charge in [-0.1, -0.05) is 31.4 Å². The molecule has 0 radical (unpaired) electrons. The van der Waals surface area contributed by atoms with Gasteiger partial charge in [0.15, 0.2) is 0 Å². The van der Waals surface area contributed by atoms with Crippen molar-refractivity contribution >= 4 is 17.6 Å². The first-order valence-corrected chi connectivity index (χ1v) is 8.02. The van der Waals surface area contributed by atoms with Gasteiger partial charge in [0.05, 0.1) is 5.41 Å². The van der Waals surface area contributed by atoms with Gasteiger partial charge in [0.1, 0.15) is 5.82 Å². The summed E-state index contributed by atoms with van der Waals surface area (Å²) < 4.78 is 13.4. The highest BCUT2D eigenvalue weighted by atomic mass is 35.5. The van der Waals surface area contributed by atoms with E-state index in [4.69, 9.17) is 11.6 Å². The van der Waals surface area contributed by atoms with E-state index in [2.05, 4.69) is 6.92 Å². The largest absolute Gasteiger partial charge is 0.481 e. The maximum atomic E-state index is 13.4. The Morgan fingerprint density at radius 1 is 1.43 bits per heavy atom. The zero-order valence-corrected chi connectivity index (χ0v) is 13.1. The van der Waals surface area contributed by atoms with Gasteiger partial charge in [-0.2, -0.15) is 0 Å². The van der Waals surface area contributed by atoms with Crippen molar-refractivity contribution in [2.75, 3.05) is 0 Å². The summed E-state index contributed by atoms with van der Waals surface area (Å²) in [7, 11) is 0. The van der Waals surface area contributed by atoms with E-state index in [9.17, 15) is 14.3 Å². The minimum atomic E-state index is -0.790. The maximum Gasteiger partial charge on any atom is 0.309 e. The van der Waals surface area contributed by atoms with Crippen LogP contribution in [0.5, 0.6) is 0 Å². The van der Waals surface area contributed by atoms with Crippen LogP contribution in [0.3, 0.4) is 0 Å². The van der Waals surface area contributed by atoms with Crippen LogP contribution in [0.25, 0.3) is 0 Å². The Morgan fingerprint density at radius 2 is 2.10 bits per heavy atom. The van der Waals surface area contributed by atoms with E-state index in [-0.39, 0.29) is 5.82 Å². The van der Waals surface area contributed by atoms with Crippen molar-refractivity contribution in [3.63, 3.8) is 0 Å². The Kier molecular flexibility index (Phi) is 5.26. The zero-order chi connectivity index (χ0) is 15.5. The molecule has 1 N–H and O–H groups in total. The highest BCUT2D eigenvalue weighted by molar-refractivity contribution is 6.31. The fourth-order valence-corrected chi connectivity index (χ4v) is 3.62. The number of rotatable bonds is 5. The summed E-state index contributed by atoms with van der Waals surface area (Å²) in [6.07, 6.45) is 5.80. The second-order valence-corrected chi connectivity index (χ2v) is 6.64. The quantitative estimate of drug-likeness (QED) is 0.823. The van der Waals surface area contributed by atoms with Crippen LogP contribution >= 0.6 is 11.6 Å². The van der Waals surface area contributed by atoms with Crippen LogP contribution in [0.2, 0.25) is 5.02 Å². The van der Waals surface area contributed by atoms with E-state index in [0.29, 0.717) is 35.8 Å². The highest BCUT2D eigenvalue weighted by Gasteiger charge is 2.42. The molecular weight excluding hydrogens is 291 g/mol. The summed E-state index contributed by atoms with van der Waals surface area (Å²) in [6, 6.07) is 4.17. The molecule has 2 rings (SSSR count). The standard InChI is InChI=1S/C17H22ClFO2/c1-2-3-12-6-8-17(9-7-12,16(20)21)11-13-10-14(19)4-5-15(13)18/h4-5,10,12H,2-3,6-9,11H2,1H3,(H,20,21). The summed E-state index contributed by atoms with van der Waals surface area (Å²) in [6.45, 7) is 2.16. The van der Waals surface area contributed by atoms with Crippen molar-refractivity contribution in [1.82, 2.24) is 0 Å². The molecule has 21 heavy (non-hydrogen) atoms. The van der Waals surface area contributed by atoms with E-state index in [1.54, 1.807) is 0 Å². The third-order valence-electron chi connectivity index (χ3n) is 4.75. The third-order valence-corrected chi connectivity index (χ3v) is 5.12. The van der Waals surface area contributed by atoms with E-state index in [0.717, 1.165) is 25.7 Å². The Bertz CT molecular complexity index is 508. The first-order valence-electron chi connectivity index (χ1n) is 7.64. The molecule has 0 heterocycles. The molecule has 2 nitrogen and oxygen atoms in total. The Hall–Kier alpha value is -1.09. The van der Waals surface area contributed by atoms with Gasteiger partial charge in [0, 0.05) is 5.02 Å². The molecule has 0 atom stereocenters. The van der Waals surface area contributed by atoms with Crippen LogP contribution in [0.1, 0.15) is 51.0 Å². The average molecular weight is 313 g/mol. The van der Waals surface area contributed by atoms with Crippen molar-refractivity contribution in [2.45, 2.75) is 51.9 Å². The number of carboxylic acid groups (broad SMARTS) is 1. The Labute approximate surface area is 130 Å². The fourth-order valence-electron chi connectivity index (χ4n) is 3.44. The predicted octanol–water partition coefficient (Wildman–Crippen LogP) is 5.08. The van der Waals surface area contributed by atoms with Crippen LogP contribution in [0.4, 0.5) is 4.39 Å². The molecule has 0 saturated heterocycles. The normalized spacial score (nSPS) is 25.8. The fraction of sp³-hybridized carbons (Fsp3) is 0.588. The van der Waals surface area contributed by atoms with Gasteiger partial charge in [-0.05, 0) is 61.8 Å². The lowest BCUT2D eigenvalue weighted by Crippen LogP contribution is -2.37. The molecule has 0 unspecified atom stereocenters. The van der Waals surface area contributed by atoms with Crippen molar-refractivity contribution in [3.05, 3.63) is 34.6 Å². The second-order valence-electron chi connectivity index (χ2n) is 6.23. The average Bonchev–Trinajstić information content (AvgIpc) is 2.45.